The summed E-state index contributed by atoms with van der Waals surface area (Å²) in [5.41, 5.74) is 0.712. The monoisotopic (exact) mass is 588 g/mol. The fourth-order valence-electron chi connectivity index (χ4n) is 8.29. The van der Waals surface area contributed by atoms with Crippen LogP contribution in [0.2, 0.25) is 0 Å². The first kappa shape index (κ1) is 34.1. The van der Waals surface area contributed by atoms with E-state index in [4.69, 9.17) is 14.2 Å². The third kappa shape index (κ3) is 7.19. The summed E-state index contributed by atoms with van der Waals surface area (Å²) in [7, 11) is 0. The van der Waals surface area contributed by atoms with E-state index in [1.807, 2.05) is 0 Å². The summed E-state index contributed by atoms with van der Waals surface area (Å²) in [6.45, 7) is 16.8. The lowest BCUT2D eigenvalue weighted by molar-refractivity contribution is -0.145. The molecule has 3 aliphatic carbocycles. The average Bonchev–Trinajstić information content (AvgIpc) is 3.59. The summed E-state index contributed by atoms with van der Waals surface area (Å²) >= 11 is 0. The SMILES string of the molecule is CCC[C@@]1(C)[C@@H](COC(=O)NCCCC[C@@H](NC(=O)OC[C@@H]2[C@]3(C)CCC#CCC[C@]23C)C(=O)OCC)[C@@]1(C)CCC. The number of carbonyl (C=O) groups excluding carboxylic acids is 3. The second kappa shape index (κ2) is 14.4. The standard InChI is InChI=1S/C34H56N2O6/c1-8-18-31(4)26(32(31,5)19-9-2)23-41-29(38)35-22-16-13-17-25(28(37)40-10-3)36-30(39)42-24-27-33(6)20-14-11-12-15-21-34(27,33)7/h25-27H,8-10,13-24H2,1-7H3,(H,35,38)(H,36,39)/t25-,26-,27-,31+,32-,33+,34-/m1/s1. The predicted molar refractivity (Wildman–Crippen MR) is 164 cm³/mol. The number of hydrogen-bond acceptors (Lipinski definition) is 6. The fraction of sp³-hybridized carbons (Fsp3) is 0.853. The second-order valence-electron chi connectivity index (χ2n) is 13.7. The first-order valence-electron chi connectivity index (χ1n) is 16.4. The second-order valence-corrected chi connectivity index (χ2v) is 13.7. The van der Waals surface area contributed by atoms with E-state index in [0.717, 1.165) is 51.4 Å². The zero-order chi connectivity index (χ0) is 31.0. The Morgan fingerprint density at radius 1 is 0.786 bits per heavy atom. The smallest absolute Gasteiger partial charge is 0.407 e. The van der Waals surface area contributed by atoms with Crippen molar-refractivity contribution in [2.24, 2.45) is 33.5 Å². The number of amides is 2. The minimum atomic E-state index is -0.792. The van der Waals surface area contributed by atoms with Crippen LogP contribution >= 0.6 is 0 Å². The van der Waals surface area contributed by atoms with Crippen molar-refractivity contribution >= 4 is 18.2 Å². The highest BCUT2D eigenvalue weighted by Crippen LogP contribution is 2.74. The van der Waals surface area contributed by atoms with Crippen molar-refractivity contribution in [1.82, 2.24) is 10.6 Å². The van der Waals surface area contributed by atoms with Crippen molar-refractivity contribution in [3.05, 3.63) is 0 Å². The summed E-state index contributed by atoms with van der Waals surface area (Å²) in [6, 6.07) is -0.792. The molecule has 7 atom stereocenters. The van der Waals surface area contributed by atoms with Gasteiger partial charge in [0.2, 0.25) is 0 Å². The zero-order valence-electron chi connectivity index (χ0n) is 27.3. The summed E-state index contributed by atoms with van der Waals surface area (Å²) < 4.78 is 16.4. The minimum Gasteiger partial charge on any atom is -0.464 e. The molecule has 0 heterocycles. The van der Waals surface area contributed by atoms with Crippen LogP contribution in [0.5, 0.6) is 0 Å². The molecule has 2 saturated carbocycles. The lowest BCUT2D eigenvalue weighted by atomic mass is 9.87. The highest BCUT2D eigenvalue weighted by atomic mass is 16.6. The van der Waals surface area contributed by atoms with Crippen LogP contribution in [0.3, 0.4) is 0 Å². The summed E-state index contributed by atoms with van der Waals surface area (Å²) in [5, 5.41) is 5.55. The van der Waals surface area contributed by atoms with E-state index >= 15 is 0 Å². The maximum absolute atomic E-state index is 12.7. The number of rotatable bonds is 16. The third-order valence-corrected chi connectivity index (χ3v) is 11.5. The Morgan fingerprint density at radius 3 is 1.88 bits per heavy atom. The van der Waals surface area contributed by atoms with Crippen LogP contribution < -0.4 is 10.6 Å². The lowest BCUT2D eigenvalue weighted by Crippen LogP contribution is -2.42. The van der Waals surface area contributed by atoms with E-state index < -0.39 is 24.2 Å². The molecule has 2 N–H and O–H groups in total. The number of hydrogen-bond donors (Lipinski definition) is 2. The lowest BCUT2D eigenvalue weighted by Gasteiger charge is -2.17. The molecule has 8 heteroatoms. The van der Waals surface area contributed by atoms with Crippen LogP contribution in [0.15, 0.2) is 0 Å². The maximum atomic E-state index is 12.7. The maximum Gasteiger partial charge on any atom is 0.407 e. The van der Waals surface area contributed by atoms with Gasteiger partial charge in [0, 0.05) is 31.2 Å². The van der Waals surface area contributed by atoms with Gasteiger partial charge in [-0.05, 0) is 73.5 Å². The molecule has 0 radical (unpaired) electrons. The number of nitrogens with one attached hydrogen (secondary N) is 2. The van der Waals surface area contributed by atoms with Crippen LogP contribution in [0.4, 0.5) is 9.59 Å². The Balaban J connectivity index is 1.37. The molecule has 3 aliphatic rings. The quantitative estimate of drug-likeness (QED) is 0.0871. The van der Waals surface area contributed by atoms with Gasteiger partial charge in [-0.1, -0.05) is 54.4 Å². The van der Waals surface area contributed by atoms with Gasteiger partial charge in [-0.15, -0.1) is 11.8 Å². The number of alkyl carbamates (subject to hydrolysis) is 2. The molecule has 0 aromatic heterocycles. The van der Waals surface area contributed by atoms with Crippen molar-refractivity contribution in [1.29, 1.82) is 0 Å². The van der Waals surface area contributed by atoms with E-state index in [9.17, 15) is 14.4 Å². The Hall–Kier alpha value is -2.43. The first-order chi connectivity index (χ1) is 19.9. The summed E-state index contributed by atoms with van der Waals surface area (Å²) in [6.07, 6.45) is 9.01. The highest BCUT2D eigenvalue weighted by Gasteiger charge is 2.70. The molecule has 2 fully saturated rings. The third-order valence-electron chi connectivity index (χ3n) is 11.5. The van der Waals surface area contributed by atoms with Gasteiger partial charge in [0.25, 0.3) is 0 Å². The molecule has 8 nitrogen and oxygen atoms in total. The molecule has 0 spiro atoms. The number of carbonyl (C=O) groups is 3. The molecule has 42 heavy (non-hydrogen) atoms. The number of unbranched alkanes of at least 4 members (excludes halogenated alkanes) is 1. The first-order valence-corrected chi connectivity index (χ1v) is 16.4. The van der Waals surface area contributed by atoms with Gasteiger partial charge in [0.15, 0.2) is 0 Å². The molecule has 0 aromatic carbocycles. The van der Waals surface area contributed by atoms with E-state index in [1.165, 1.54) is 0 Å². The molecule has 3 rings (SSSR count). The number of fused-ring (bicyclic) bond motifs is 1. The Bertz CT molecular complexity index is 979. The zero-order valence-corrected chi connectivity index (χ0v) is 27.3. The molecule has 0 bridgehead atoms. The van der Waals surface area contributed by atoms with Crippen LogP contribution in [0, 0.1) is 45.3 Å². The minimum absolute atomic E-state index is 0.125. The molecular formula is C34H56N2O6. The van der Waals surface area contributed by atoms with E-state index in [0.29, 0.717) is 44.9 Å². The average molecular weight is 589 g/mol. The van der Waals surface area contributed by atoms with Crippen LogP contribution in [-0.2, 0) is 19.0 Å². The Labute approximate surface area is 254 Å². The van der Waals surface area contributed by atoms with Crippen LogP contribution in [0.25, 0.3) is 0 Å². The molecule has 238 valence electrons. The van der Waals surface area contributed by atoms with E-state index in [2.05, 4.69) is 64.0 Å². The number of esters is 1. The summed E-state index contributed by atoms with van der Waals surface area (Å²) in [4.78, 5) is 37.6. The van der Waals surface area contributed by atoms with E-state index in [1.54, 1.807) is 6.92 Å². The van der Waals surface area contributed by atoms with Gasteiger partial charge in [-0.3, -0.25) is 0 Å². The van der Waals surface area contributed by atoms with Gasteiger partial charge in [-0.25, -0.2) is 14.4 Å². The van der Waals surface area contributed by atoms with Crippen molar-refractivity contribution in [3.8, 4) is 11.8 Å². The Morgan fingerprint density at radius 2 is 1.33 bits per heavy atom. The van der Waals surface area contributed by atoms with Crippen molar-refractivity contribution in [2.45, 2.75) is 125 Å². The largest absolute Gasteiger partial charge is 0.464 e. The normalized spacial score (nSPS) is 33.4. The highest BCUT2D eigenvalue weighted by molar-refractivity contribution is 5.81. The Kier molecular flexibility index (Phi) is 11.6. The molecule has 0 saturated heterocycles. The molecule has 2 amide bonds. The topological polar surface area (TPSA) is 103 Å². The van der Waals surface area contributed by atoms with Crippen LogP contribution in [-0.4, -0.2) is 50.6 Å². The molecule has 0 aliphatic heterocycles. The molecule has 0 aromatic rings. The fourth-order valence-corrected chi connectivity index (χ4v) is 8.29. The van der Waals surface area contributed by atoms with Crippen molar-refractivity contribution in [2.75, 3.05) is 26.4 Å². The predicted octanol–water partition coefficient (Wildman–Crippen LogP) is 7.00. The van der Waals surface area contributed by atoms with Crippen molar-refractivity contribution in [3.63, 3.8) is 0 Å². The van der Waals surface area contributed by atoms with Gasteiger partial charge < -0.3 is 24.8 Å². The molecule has 0 unspecified atom stereocenters. The summed E-state index contributed by atoms with van der Waals surface area (Å²) in [5.74, 6) is 6.67. The van der Waals surface area contributed by atoms with Gasteiger partial charge >= 0.3 is 18.2 Å². The molecular weight excluding hydrogens is 532 g/mol. The van der Waals surface area contributed by atoms with Crippen LogP contribution in [0.1, 0.15) is 119 Å². The van der Waals surface area contributed by atoms with Crippen molar-refractivity contribution < 1.29 is 28.6 Å². The van der Waals surface area contributed by atoms with E-state index in [-0.39, 0.29) is 34.2 Å². The van der Waals surface area contributed by atoms with Gasteiger partial charge in [0.1, 0.15) is 6.04 Å². The van der Waals surface area contributed by atoms with Gasteiger partial charge in [0.05, 0.1) is 19.8 Å². The number of ether oxygens (including phenoxy) is 3. The van der Waals surface area contributed by atoms with Gasteiger partial charge in [-0.2, -0.15) is 0 Å².